The van der Waals surface area contributed by atoms with Crippen LogP contribution >= 0.6 is 11.6 Å². The summed E-state index contributed by atoms with van der Waals surface area (Å²) in [4.78, 5) is 4.03. The van der Waals surface area contributed by atoms with Gasteiger partial charge in [-0.15, -0.1) is 0 Å². The smallest absolute Gasteiger partial charge is 0.157 e. The molecule has 25 heavy (non-hydrogen) atoms. The second-order valence-electron chi connectivity index (χ2n) is 6.83. The van der Waals surface area contributed by atoms with Crippen molar-refractivity contribution < 1.29 is 14.6 Å². The second kappa shape index (κ2) is 7.83. The molecule has 1 aromatic carbocycles. The lowest BCUT2D eigenvalue weighted by atomic mass is 9.79. The molecule has 7 heteroatoms. The lowest BCUT2D eigenvalue weighted by Crippen LogP contribution is -2.50. The third kappa shape index (κ3) is 4.20. The molecule has 1 fully saturated rings. The zero-order valence-electron chi connectivity index (χ0n) is 14.5. The van der Waals surface area contributed by atoms with Gasteiger partial charge in [-0.3, -0.25) is 0 Å². The average Bonchev–Trinajstić information content (AvgIpc) is 3.16. The highest BCUT2D eigenvalue weighted by molar-refractivity contribution is 6.30. The van der Waals surface area contributed by atoms with Crippen molar-refractivity contribution in [2.45, 2.75) is 45.1 Å². The number of rotatable bonds is 6. The van der Waals surface area contributed by atoms with Crippen LogP contribution in [0.1, 0.15) is 31.9 Å². The van der Waals surface area contributed by atoms with Crippen LogP contribution in [0, 0.1) is 5.41 Å². The first-order chi connectivity index (χ1) is 12.0. The predicted octanol–water partition coefficient (Wildman–Crippen LogP) is 2.87. The number of hydrogen-bond acceptors (Lipinski definition) is 5. The summed E-state index contributed by atoms with van der Waals surface area (Å²) in [5.41, 5.74) is 0.547. The van der Waals surface area contributed by atoms with Gasteiger partial charge < -0.3 is 14.6 Å². The van der Waals surface area contributed by atoms with E-state index in [0.29, 0.717) is 24.7 Å². The van der Waals surface area contributed by atoms with Gasteiger partial charge in [-0.1, -0.05) is 37.6 Å². The maximum Gasteiger partial charge on any atom is 0.157 e. The van der Waals surface area contributed by atoms with Crippen molar-refractivity contribution in [3.63, 3.8) is 0 Å². The summed E-state index contributed by atoms with van der Waals surface area (Å²) in [7, 11) is 0. The van der Waals surface area contributed by atoms with E-state index < -0.39 is 11.5 Å². The van der Waals surface area contributed by atoms with Crippen molar-refractivity contribution in [2.24, 2.45) is 5.41 Å². The Morgan fingerprint density at radius 2 is 2.00 bits per heavy atom. The Labute approximate surface area is 152 Å². The zero-order chi connectivity index (χ0) is 17.9. The fourth-order valence-electron chi connectivity index (χ4n) is 3.13. The van der Waals surface area contributed by atoms with Gasteiger partial charge in [-0.05, 0) is 30.5 Å². The van der Waals surface area contributed by atoms with Crippen LogP contribution < -0.4 is 0 Å². The van der Waals surface area contributed by atoms with Crippen molar-refractivity contribution in [3.8, 4) is 0 Å². The number of benzene rings is 1. The number of nitrogens with zero attached hydrogens (tertiary/aromatic N) is 3. The molecule has 0 saturated carbocycles. The van der Waals surface area contributed by atoms with E-state index in [4.69, 9.17) is 21.1 Å². The molecule has 0 bridgehead atoms. The van der Waals surface area contributed by atoms with E-state index in [2.05, 4.69) is 10.1 Å². The van der Waals surface area contributed by atoms with Crippen molar-refractivity contribution in [3.05, 3.63) is 47.5 Å². The van der Waals surface area contributed by atoms with Crippen LogP contribution in [-0.4, -0.2) is 45.5 Å². The Bertz CT molecular complexity index is 655. The zero-order valence-corrected chi connectivity index (χ0v) is 15.3. The number of aromatic nitrogens is 3. The van der Waals surface area contributed by atoms with Gasteiger partial charge in [0.15, 0.2) is 6.29 Å². The van der Waals surface area contributed by atoms with Gasteiger partial charge in [0, 0.05) is 10.4 Å². The molecule has 1 N–H and O–H groups in total. The van der Waals surface area contributed by atoms with E-state index in [1.807, 2.05) is 38.1 Å². The lowest BCUT2D eigenvalue weighted by molar-refractivity contribution is -0.249. The van der Waals surface area contributed by atoms with Crippen molar-refractivity contribution in [1.29, 1.82) is 0 Å². The number of ether oxygens (including phenoxy) is 2. The summed E-state index contributed by atoms with van der Waals surface area (Å²) >= 11 is 5.97. The lowest BCUT2D eigenvalue weighted by Gasteiger charge is -2.42. The fourth-order valence-corrected chi connectivity index (χ4v) is 3.25. The molecule has 0 radical (unpaired) electrons. The van der Waals surface area contributed by atoms with Crippen LogP contribution in [0.3, 0.4) is 0 Å². The summed E-state index contributed by atoms with van der Waals surface area (Å²) in [5.74, 6) is 0. The molecule has 3 rings (SSSR count). The normalized spacial score (nSPS) is 26.3. The molecule has 2 unspecified atom stereocenters. The number of aliphatic hydroxyl groups is 1. The van der Waals surface area contributed by atoms with Gasteiger partial charge >= 0.3 is 0 Å². The summed E-state index contributed by atoms with van der Waals surface area (Å²) in [6, 6.07) is 7.34. The predicted molar refractivity (Wildman–Crippen MR) is 94.3 cm³/mol. The minimum Gasteiger partial charge on any atom is -0.390 e. The van der Waals surface area contributed by atoms with Gasteiger partial charge in [0.25, 0.3) is 0 Å². The number of hydrogen-bond donors (Lipinski definition) is 1. The third-order valence-corrected chi connectivity index (χ3v) is 5.00. The van der Waals surface area contributed by atoms with Crippen molar-refractivity contribution in [1.82, 2.24) is 14.8 Å². The molecule has 0 aliphatic carbocycles. The first-order valence-electron chi connectivity index (χ1n) is 8.51. The maximum atomic E-state index is 11.2. The SMILES string of the molecule is CCC1OCC(C)(C(O)C(Cc2ccc(Cl)cc2)n2cncn2)CO1. The topological polar surface area (TPSA) is 69.4 Å². The number of aliphatic hydroxyl groups excluding tert-OH is 1. The summed E-state index contributed by atoms with van der Waals surface area (Å²) in [5, 5.41) is 16.1. The van der Waals surface area contributed by atoms with Crippen LogP contribution in [0.5, 0.6) is 0 Å². The van der Waals surface area contributed by atoms with E-state index in [0.717, 1.165) is 12.0 Å². The van der Waals surface area contributed by atoms with E-state index in [9.17, 15) is 5.11 Å². The average molecular weight is 366 g/mol. The Hall–Kier alpha value is -1.47. The van der Waals surface area contributed by atoms with E-state index in [1.54, 1.807) is 11.0 Å². The molecule has 1 saturated heterocycles. The highest BCUT2D eigenvalue weighted by Crippen LogP contribution is 2.35. The van der Waals surface area contributed by atoms with E-state index in [-0.39, 0.29) is 12.3 Å². The summed E-state index contributed by atoms with van der Waals surface area (Å²) in [6.45, 7) is 4.88. The first kappa shape index (κ1) is 18.3. The molecule has 1 aromatic heterocycles. The highest BCUT2D eigenvalue weighted by atomic mass is 35.5. The molecule has 2 atom stereocenters. The molecule has 1 aliphatic rings. The summed E-state index contributed by atoms with van der Waals surface area (Å²) in [6.07, 6.45) is 3.61. The highest BCUT2D eigenvalue weighted by Gasteiger charge is 2.43. The van der Waals surface area contributed by atoms with Crippen LogP contribution in [0.25, 0.3) is 0 Å². The van der Waals surface area contributed by atoms with Crippen LogP contribution in [-0.2, 0) is 15.9 Å². The largest absolute Gasteiger partial charge is 0.390 e. The van der Waals surface area contributed by atoms with Gasteiger partial charge in [-0.25, -0.2) is 9.67 Å². The Morgan fingerprint density at radius 3 is 2.56 bits per heavy atom. The van der Waals surface area contributed by atoms with Gasteiger partial charge in [0.1, 0.15) is 12.7 Å². The van der Waals surface area contributed by atoms with Crippen LogP contribution in [0.2, 0.25) is 5.02 Å². The second-order valence-corrected chi connectivity index (χ2v) is 7.27. The standard InChI is InChI=1S/C18H24ClN3O3/c1-3-16-24-9-18(2,10-25-16)17(23)15(22-12-20-11-21-22)8-13-4-6-14(19)7-5-13/h4-7,11-12,15-17,23H,3,8-10H2,1-2H3. The quantitative estimate of drug-likeness (QED) is 0.852. The summed E-state index contributed by atoms with van der Waals surface area (Å²) < 4.78 is 13.2. The van der Waals surface area contributed by atoms with E-state index >= 15 is 0 Å². The van der Waals surface area contributed by atoms with Crippen LogP contribution in [0.15, 0.2) is 36.9 Å². The van der Waals surface area contributed by atoms with E-state index in [1.165, 1.54) is 6.33 Å². The minimum atomic E-state index is -0.706. The molecule has 0 spiro atoms. The Balaban J connectivity index is 1.80. The van der Waals surface area contributed by atoms with Gasteiger partial charge in [0.05, 0.1) is 25.4 Å². The number of halogens is 1. The maximum absolute atomic E-state index is 11.2. The molecule has 0 amide bonds. The first-order valence-corrected chi connectivity index (χ1v) is 8.89. The molecular formula is C18H24ClN3O3. The van der Waals surface area contributed by atoms with Crippen LogP contribution in [0.4, 0.5) is 0 Å². The monoisotopic (exact) mass is 365 g/mol. The fraction of sp³-hybridized carbons (Fsp3) is 0.556. The van der Waals surface area contributed by atoms with Gasteiger partial charge in [-0.2, -0.15) is 5.10 Å². The Kier molecular flexibility index (Phi) is 5.74. The third-order valence-electron chi connectivity index (χ3n) is 4.74. The molecular weight excluding hydrogens is 342 g/mol. The minimum absolute atomic E-state index is 0.193. The van der Waals surface area contributed by atoms with Crippen molar-refractivity contribution in [2.75, 3.05) is 13.2 Å². The molecule has 6 nitrogen and oxygen atoms in total. The van der Waals surface area contributed by atoms with Gasteiger partial charge in [0.2, 0.25) is 0 Å². The molecule has 2 aromatic rings. The molecule has 136 valence electrons. The van der Waals surface area contributed by atoms with Crippen molar-refractivity contribution >= 4 is 11.6 Å². The molecule has 2 heterocycles. The Morgan fingerprint density at radius 1 is 1.32 bits per heavy atom. The molecule has 1 aliphatic heterocycles.